The third-order valence-corrected chi connectivity index (χ3v) is 16.5. The molecule has 0 aliphatic carbocycles. The van der Waals surface area contributed by atoms with E-state index in [1.807, 2.05) is 0 Å². The van der Waals surface area contributed by atoms with E-state index in [9.17, 15) is 0 Å². The molecule has 344 valence electrons. The summed E-state index contributed by atoms with van der Waals surface area (Å²) in [5, 5.41) is 8.92. The predicted octanol–water partition coefficient (Wildman–Crippen LogP) is 3.93. The van der Waals surface area contributed by atoms with Gasteiger partial charge in [0.25, 0.3) is 0 Å². The average molecular weight is 942 g/mol. The molecule has 0 spiro atoms. The van der Waals surface area contributed by atoms with Gasteiger partial charge in [0.1, 0.15) is 73.9 Å². The van der Waals surface area contributed by atoms with Gasteiger partial charge >= 0.3 is 0 Å². The maximum absolute atomic E-state index is 7.08. The van der Waals surface area contributed by atoms with Crippen molar-refractivity contribution in [3.05, 3.63) is 203 Å². The van der Waals surface area contributed by atoms with Crippen molar-refractivity contribution in [2.75, 3.05) is 9.80 Å². The van der Waals surface area contributed by atoms with Crippen LogP contribution in [-0.2, 0) is 0 Å². The normalized spacial score (nSPS) is 14.3. The molecule has 0 amide bonds. The standard InChI is InChI=1S/C61H50B8N4O/c1-32(63)54(65)53-51-45(71(34-15-7-3-8-16-34)35-17-9-4-10-18-35)26-24-39-41-30-50-43(28-48(41)73(59(39)51)60(53)44(64)31-62)42-27-47-40(29-49(42)74-50)38-23-25-46(72(36-19-11-5-12-20-36)37-21-13-6-14-22-37)52-55(66)56(67)57(68)58(69)61(52)70(47)33(38)2/h3-31H,2,62-69H2,1H3/b38-23-,44-31-,46-25+,54-32-. The van der Waals surface area contributed by atoms with Crippen LogP contribution in [-0.4, -0.2) is 71.7 Å². The molecule has 0 unspecified atom stereocenters. The highest BCUT2D eigenvalue weighted by atomic mass is 16.3. The first-order valence-electron chi connectivity index (χ1n) is 25.8. The molecule has 0 saturated carbocycles. The third kappa shape index (κ3) is 6.54. The molecule has 0 fully saturated rings. The van der Waals surface area contributed by atoms with Crippen molar-refractivity contribution in [2.45, 2.75) is 6.92 Å². The Labute approximate surface area is 438 Å². The van der Waals surface area contributed by atoms with Gasteiger partial charge in [-0.2, -0.15) is 0 Å². The van der Waals surface area contributed by atoms with Crippen LogP contribution in [0.3, 0.4) is 0 Å². The lowest BCUT2D eigenvalue weighted by molar-refractivity contribution is 0.670. The van der Waals surface area contributed by atoms with Crippen molar-refractivity contribution in [2.24, 2.45) is 0 Å². The number of anilines is 5. The zero-order chi connectivity index (χ0) is 50.8. The number of para-hydroxylation sites is 4. The van der Waals surface area contributed by atoms with Gasteiger partial charge in [0.2, 0.25) is 0 Å². The number of hydrogen-bond donors (Lipinski definition) is 0. The monoisotopic (exact) mass is 942 g/mol. The number of furan rings is 1. The number of hydrogen-bond acceptors (Lipinski definition) is 3. The van der Waals surface area contributed by atoms with Crippen LogP contribution in [0.25, 0.3) is 95.0 Å². The topological polar surface area (TPSA) is 29.0 Å². The lowest BCUT2D eigenvalue weighted by Crippen LogP contribution is -2.52. The summed E-state index contributed by atoms with van der Waals surface area (Å²) < 4.78 is 12.1. The molecule has 4 aromatic heterocycles. The molecule has 0 atom stereocenters. The lowest BCUT2D eigenvalue weighted by atomic mass is 9.64. The third-order valence-electron chi connectivity index (χ3n) is 16.5. The van der Waals surface area contributed by atoms with Crippen LogP contribution in [0.1, 0.15) is 23.7 Å². The molecule has 0 saturated heterocycles. The van der Waals surface area contributed by atoms with Gasteiger partial charge in [0, 0.05) is 88.1 Å². The number of benzene rings is 8. The quantitative estimate of drug-likeness (QED) is 0.217. The lowest BCUT2D eigenvalue weighted by Gasteiger charge is -2.33. The minimum absolute atomic E-state index is 0.857. The van der Waals surface area contributed by atoms with Crippen LogP contribution < -0.4 is 42.2 Å². The molecule has 13 heteroatoms. The maximum Gasteiger partial charge on any atom is 0.141 e. The Hall–Kier alpha value is -8.28. The fourth-order valence-electron chi connectivity index (χ4n) is 12.2. The van der Waals surface area contributed by atoms with E-state index in [0.29, 0.717) is 0 Å². The fourth-order valence-corrected chi connectivity index (χ4v) is 12.2. The van der Waals surface area contributed by atoms with E-state index in [1.165, 1.54) is 76.8 Å². The van der Waals surface area contributed by atoms with Crippen molar-refractivity contribution in [3.63, 3.8) is 0 Å². The Morgan fingerprint density at radius 3 is 1.65 bits per heavy atom. The largest absolute Gasteiger partial charge is 0.456 e. The second kappa shape index (κ2) is 17.2. The van der Waals surface area contributed by atoms with Crippen molar-refractivity contribution in [1.82, 2.24) is 8.97 Å². The number of allylic oxidation sites excluding steroid dienone is 2. The Kier molecular flexibility index (Phi) is 10.6. The van der Waals surface area contributed by atoms with E-state index in [2.05, 4.69) is 264 Å². The highest BCUT2D eigenvalue weighted by molar-refractivity contribution is 6.64. The molecule has 0 radical (unpaired) electrons. The molecular weight excluding hydrogens is 891 g/mol. The van der Waals surface area contributed by atoms with E-state index in [4.69, 9.17) is 11.0 Å². The van der Waals surface area contributed by atoms with Crippen LogP contribution >= 0.6 is 0 Å². The summed E-state index contributed by atoms with van der Waals surface area (Å²) in [7, 11) is 18.1. The molecule has 5 heterocycles. The summed E-state index contributed by atoms with van der Waals surface area (Å²) in [6, 6.07) is 57.0. The van der Waals surface area contributed by atoms with Gasteiger partial charge in [0.05, 0.1) is 27.9 Å². The molecule has 8 aromatic carbocycles. The molecule has 2 bridgehead atoms. The van der Waals surface area contributed by atoms with E-state index >= 15 is 0 Å². The second-order valence-electron chi connectivity index (χ2n) is 20.5. The average Bonchev–Trinajstić information content (AvgIpc) is 4.15. The minimum atomic E-state index is 0.857. The number of aromatic nitrogens is 2. The van der Waals surface area contributed by atoms with E-state index in [0.717, 1.165) is 88.7 Å². The van der Waals surface area contributed by atoms with E-state index < -0.39 is 0 Å². The first-order valence-corrected chi connectivity index (χ1v) is 25.8. The summed E-state index contributed by atoms with van der Waals surface area (Å²) in [5.74, 6) is 2.27. The fraction of sp³-hybridized carbons (Fsp3) is 0.0164. The minimum Gasteiger partial charge on any atom is -0.456 e. The molecule has 13 rings (SSSR count). The Morgan fingerprint density at radius 2 is 1.09 bits per heavy atom. The van der Waals surface area contributed by atoms with Gasteiger partial charge in [0.15, 0.2) is 0 Å². The van der Waals surface area contributed by atoms with Crippen molar-refractivity contribution < 1.29 is 4.42 Å². The highest BCUT2D eigenvalue weighted by Gasteiger charge is 2.31. The van der Waals surface area contributed by atoms with Crippen LogP contribution in [0.5, 0.6) is 0 Å². The van der Waals surface area contributed by atoms with Crippen LogP contribution in [0.4, 0.5) is 28.4 Å². The van der Waals surface area contributed by atoms with E-state index in [1.54, 1.807) is 0 Å². The Balaban J connectivity index is 1.12. The zero-order valence-corrected chi connectivity index (χ0v) is 43.6. The molecular formula is C61H50B8N4O. The van der Waals surface area contributed by atoms with Gasteiger partial charge < -0.3 is 23.2 Å². The second-order valence-corrected chi connectivity index (χ2v) is 20.5. The summed E-state index contributed by atoms with van der Waals surface area (Å²) in [5.41, 5.74) is 25.6. The van der Waals surface area contributed by atoms with Crippen LogP contribution in [0, 0.1) is 0 Å². The molecule has 1 aliphatic heterocycles. The first kappa shape index (κ1) is 45.6. The van der Waals surface area contributed by atoms with Crippen molar-refractivity contribution in [3.8, 4) is 5.69 Å². The number of nitrogens with zero attached hydrogens (tertiary/aromatic N) is 4. The van der Waals surface area contributed by atoms with Gasteiger partial charge in [-0.1, -0.05) is 126 Å². The zero-order valence-electron chi connectivity index (χ0n) is 43.6. The summed E-state index contributed by atoms with van der Waals surface area (Å²) in [4.78, 5) is 4.83. The molecule has 1 aliphatic rings. The van der Waals surface area contributed by atoms with Crippen molar-refractivity contribution >= 4 is 202 Å². The van der Waals surface area contributed by atoms with Gasteiger partial charge in [-0.25, -0.2) is 0 Å². The summed E-state index contributed by atoms with van der Waals surface area (Å²) in [6.07, 6.45) is 4.59. The smallest absolute Gasteiger partial charge is 0.141 e. The molecule has 0 N–H and O–H groups in total. The van der Waals surface area contributed by atoms with Crippen LogP contribution in [0.2, 0.25) is 0 Å². The summed E-state index contributed by atoms with van der Waals surface area (Å²) >= 11 is 0. The number of fused-ring (bicyclic) bond motifs is 13. The molecule has 5 nitrogen and oxygen atoms in total. The maximum atomic E-state index is 7.08. The van der Waals surface area contributed by atoms with E-state index in [-0.39, 0.29) is 0 Å². The Morgan fingerprint density at radius 1 is 0.568 bits per heavy atom. The number of rotatable bonds is 8. The molecule has 74 heavy (non-hydrogen) atoms. The highest BCUT2D eigenvalue weighted by Crippen LogP contribution is 2.50. The van der Waals surface area contributed by atoms with Crippen molar-refractivity contribution in [1.29, 1.82) is 0 Å². The molecule has 12 aromatic rings. The first-order chi connectivity index (χ1) is 36.0. The predicted molar refractivity (Wildman–Crippen MR) is 342 cm³/mol. The van der Waals surface area contributed by atoms with Crippen LogP contribution in [0.15, 0.2) is 180 Å². The van der Waals surface area contributed by atoms with Gasteiger partial charge in [-0.15, -0.1) is 16.9 Å². The summed E-state index contributed by atoms with van der Waals surface area (Å²) in [6.45, 7) is 7.12. The van der Waals surface area contributed by atoms with Gasteiger partial charge in [-0.3, -0.25) is 0 Å². The Bertz CT molecular complexity index is 4460. The SMILES string of the molecule is B/C=C(\B)c1c(/C(B)=C(/B)C)c2c(N(c3ccccc3)c3ccccc3)ccc3c4cc5oc6cc7\c8c(=C)n(c7cc6c5cc4n1c23)-c1c(B)c(B)c(B)c(B)c1/C(N(c1ccccc1)c1ccccc1)=C\C=8. The van der Waals surface area contributed by atoms with Gasteiger partial charge in [-0.05, 0) is 84.9 Å².